The summed E-state index contributed by atoms with van der Waals surface area (Å²) in [6, 6.07) is 14.0. The molecule has 1 heterocycles. The molecule has 0 spiro atoms. The Bertz CT molecular complexity index is 732. The quantitative estimate of drug-likeness (QED) is 0.374. The van der Waals surface area contributed by atoms with Crippen molar-refractivity contribution < 1.29 is 14.5 Å². The zero-order chi connectivity index (χ0) is 15.5. The zero-order valence-corrected chi connectivity index (χ0v) is 12.4. The molecule has 0 radical (unpaired) electrons. The first kappa shape index (κ1) is 14.6. The highest BCUT2D eigenvalue weighted by Crippen LogP contribution is 2.31. The number of para-hydroxylation sites is 1. The van der Waals surface area contributed by atoms with Crippen molar-refractivity contribution in [2.24, 2.45) is 0 Å². The molecule has 0 fully saturated rings. The maximum atomic E-state index is 11.9. The van der Waals surface area contributed by atoms with E-state index in [0.717, 1.165) is 5.56 Å². The number of hydrogen-bond acceptors (Lipinski definition) is 5. The van der Waals surface area contributed by atoms with Crippen LogP contribution in [-0.2, 0) is 11.2 Å². The average Bonchev–Trinajstić information content (AvgIpc) is 2.53. The minimum absolute atomic E-state index is 0.0787. The van der Waals surface area contributed by atoms with Gasteiger partial charge in [0.2, 0.25) is 0 Å². The molecular weight excluding hydrogens is 302 g/mol. The van der Waals surface area contributed by atoms with Crippen molar-refractivity contribution in [3.8, 4) is 0 Å². The minimum Gasteiger partial charge on any atom is -0.458 e. The molecule has 22 heavy (non-hydrogen) atoms. The van der Waals surface area contributed by atoms with Gasteiger partial charge in [0.15, 0.2) is 0 Å². The third-order valence-corrected chi connectivity index (χ3v) is 4.64. The molecule has 0 N–H and O–H groups in total. The molecule has 0 amide bonds. The minimum atomic E-state index is -0.398. The van der Waals surface area contributed by atoms with Gasteiger partial charge >= 0.3 is 5.97 Å². The highest BCUT2D eigenvalue weighted by Gasteiger charge is 2.26. The Morgan fingerprint density at radius 1 is 1.18 bits per heavy atom. The van der Waals surface area contributed by atoms with Crippen LogP contribution in [0.3, 0.4) is 0 Å². The second kappa shape index (κ2) is 6.19. The molecule has 0 bridgehead atoms. The van der Waals surface area contributed by atoms with Crippen molar-refractivity contribution in [2.75, 3.05) is 5.75 Å². The van der Waals surface area contributed by atoms with Crippen molar-refractivity contribution in [1.29, 1.82) is 0 Å². The Hall–Kier alpha value is -2.34. The van der Waals surface area contributed by atoms with E-state index >= 15 is 0 Å². The molecule has 0 aliphatic carbocycles. The van der Waals surface area contributed by atoms with Crippen molar-refractivity contribution in [1.82, 2.24) is 0 Å². The van der Waals surface area contributed by atoms with Crippen molar-refractivity contribution in [3.05, 3.63) is 69.8 Å². The van der Waals surface area contributed by atoms with Crippen LogP contribution in [-0.4, -0.2) is 22.7 Å². The second-order valence-corrected chi connectivity index (χ2v) is 5.99. The zero-order valence-electron chi connectivity index (χ0n) is 11.6. The number of carbonyl (C=O) groups is 1. The van der Waals surface area contributed by atoms with Crippen LogP contribution in [0.15, 0.2) is 53.4 Å². The Morgan fingerprint density at radius 3 is 2.73 bits per heavy atom. The molecule has 6 heteroatoms. The fourth-order valence-electron chi connectivity index (χ4n) is 2.40. The van der Waals surface area contributed by atoms with Gasteiger partial charge in [0.25, 0.3) is 5.69 Å². The van der Waals surface area contributed by atoms with Gasteiger partial charge in [0.05, 0.1) is 15.4 Å². The van der Waals surface area contributed by atoms with E-state index in [9.17, 15) is 14.9 Å². The van der Waals surface area contributed by atoms with Crippen LogP contribution in [0.5, 0.6) is 0 Å². The molecule has 1 aliphatic heterocycles. The summed E-state index contributed by atoms with van der Waals surface area (Å²) in [6.45, 7) is 0. The number of benzene rings is 2. The summed E-state index contributed by atoms with van der Waals surface area (Å²) in [7, 11) is 0. The lowest BCUT2D eigenvalue weighted by Gasteiger charge is -2.24. The SMILES string of the molecule is O=C1OC(CSc2ccccc2[N+](=O)[O-])Cc2ccccc21. The van der Waals surface area contributed by atoms with Crippen LogP contribution in [0, 0.1) is 10.1 Å². The molecule has 3 rings (SSSR count). The molecule has 5 nitrogen and oxygen atoms in total. The van der Waals surface area contributed by atoms with E-state index in [0.29, 0.717) is 22.6 Å². The number of esters is 1. The number of cyclic esters (lactones) is 1. The predicted octanol–water partition coefficient (Wildman–Crippen LogP) is 3.47. The molecule has 0 aromatic heterocycles. The summed E-state index contributed by atoms with van der Waals surface area (Å²) in [5.41, 5.74) is 1.65. The molecular formula is C16H13NO4S. The van der Waals surface area contributed by atoms with E-state index in [1.165, 1.54) is 17.8 Å². The number of thioether (sulfide) groups is 1. The van der Waals surface area contributed by atoms with Gasteiger partial charge in [-0.1, -0.05) is 30.3 Å². The molecule has 112 valence electrons. The van der Waals surface area contributed by atoms with Gasteiger partial charge < -0.3 is 4.74 Å². The van der Waals surface area contributed by atoms with E-state index in [2.05, 4.69) is 0 Å². The van der Waals surface area contributed by atoms with E-state index in [4.69, 9.17) is 4.74 Å². The van der Waals surface area contributed by atoms with Crippen LogP contribution in [0.4, 0.5) is 5.69 Å². The molecule has 2 aromatic rings. The summed E-state index contributed by atoms with van der Waals surface area (Å²) >= 11 is 1.34. The predicted molar refractivity (Wildman–Crippen MR) is 83.2 cm³/mol. The van der Waals surface area contributed by atoms with Gasteiger partial charge in [-0.3, -0.25) is 10.1 Å². The summed E-state index contributed by atoms with van der Waals surface area (Å²) in [6.07, 6.45) is 0.363. The van der Waals surface area contributed by atoms with Gasteiger partial charge in [0, 0.05) is 18.2 Å². The van der Waals surface area contributed by atoms with Crippen molar-refractivity contribution >= 4 is 23.4 Å². The molecule has 0 saturated carbocycles. The highest BCUT2D eigenvalue weighted by atomic mass is 32.2. The normalized spacial score (nSPS) is 16.7. The van der Waals surface area contributed by atoms with Gasteiger partial charge in [-0.05, 0) is 17.7 Å². The Kier molecular flexibility index (Phi) is 4.11. The van der Waals surface area contributed by atoms with Crippen LogP contribution in [0.1, 0.15) is 15.9 Å². The average molecular weight is 315 g/mol. The summed E-state index contributed by atoms with van der Waals surface area (Å²) in [4.78, 5) is 23.1. The molecule has 1 unspecified atom stereocenters. The summed E-state index contributed by atoms with van der Waals surface area (Å²) in [5, 5.41) is 11.0. The number of ether oxygens (including phenoxy) is 1. The Balaban J connectivity index is 1.71. The largest absolute Gasteiger partial charge is 0.458 e. The maximum absolute atomic E-state index is 11.9. The topological polar surface area (TPSA) is 69.4 Å². The van der Waals surface area contributed by atoms with Crippen molar-refractivity contribution in [2.45, 2.75) is 17.4 Å². The van der Waals surface area contributed by atoms with Crippen LogP contribution >= 0.6 is 11.8 Å². The number of fused-ring (bicyclic) bond motifs is 1. The first-order valence-electron chi connectivity index (χ1n) is 6.80. The van der Waals surface area contributed by atoms with Crippen molar-refractivity contribution in [3.63, 3.8) is 0 Å². The molecule has 1 atom stereocenters. The first-order valence-corrected chi connectivity index (χ1v) is 7.79. The van der Waals surface area contributed by atoms with E-state index < -0.39 is 4.92 Å². The lowest BCUT2D eigenvalue weighted by atomic mass is 9.99. The number of nitrogens with zero attached hydrogens (tertiary/aromatic N) is 1. The molecule has 0 saturated heterocycles. The van der Waals surface area contributed by atoms with Gasteiger partial charge in [0.1, 0.15) is 6.10 Å². The number of nitro benzene ring substituents is 1. The van der Waals surface area contributed by atoms with Gasteiger partial charge in [-0.2, -0.15) is 0 Å². The number of hydrogen-bond donors (Lipinski definition) is 0. The summed E-state index contributed by atoms with van der Waals surface area (Å²) < 4.78 is 5.41. The van der Waals surface area contributed by atoms with E-state index in [1.807, 2.05) is 18.2 Å². The fourth-order valence-corrected chi connectivity index (χ4v) is 3.42. The highest BCUT2D eigenvalue weighted by molar-refractivity contribution is 7.99. The number of carbonyl (C=O) groups excluding carboxylic acids is 1. The van der Waals surface area contributed by atoms with Crippen LogP contribution < -0.4 is 0 Å². The number of nitro groups is 1. The molecule has 1 aliphatic rings. The summed E-state index contributed by atoms with van der Waals surface area (Å²) in [5.74, 6) is 0.167. The van der Waals surface area contributed by atoms with Gasteiger partial charge in [-0.25, -0.2) is 4.79 Å². The van der Waals surface area contributed by atoms with Gasteiger partial charge in [-0.15, -0.1) is 11.8 Å². The first-order chi connectivity index (χ1) is 10.6. The third-order valence-electron chi connectivity index (χ3n) is 3.45. The lowest BCUT2D eigenvalue weighted by Crippen LogP contribution is -2.29. The number of rotatable bonds is 4. The van der Waals surface area contributed by atoms with E-state index in [-0.39, 0.29) is 17.8 Å². The fraction of sp³-hybridized carbons (Fsp3) is 0.188. The molecule has 2 aromatic carbocycles. The third kappa shape index (κ3) is 2.96. The monoisotopic (exact) mass is 315 g/mol. The standard InChI is InChI=1S/C16H13NO4S/c18-16-13-6-2-1-5-11(13)9-12(21-16)10-22-15-8-4-3-7-14(15)17(19)20/h1-8,12H,9-10H2. The Labute approximate surface area is 131 Å². The van der Waals surface area contributed by atoms with Crippen LogP contribution in [0.25, 0.3) is 0 Å². The smallest absolute Gasteiger partial charge is 0.338 e. The lowest BCUT2D eigenvalue weighted by molar-refractivity contribution is -0.387. The van der Waals surface area contributed by atoms with E-state index in [1.54, 1.807) is 24.3 Å². The van der Waals surface area contributed by atoms with Crippen LogP contribution in [0.2, 0.25) is 0 Å². The maximum Gasteiger partial charge on any atom is 0.338 e. The Morgan fingerprint density at radius 2 is 1.91 bits per heavy atom. The second-order valence-electron chi connectivity index (χ2n) is 4.92.